The van der Waals surface area contributed by atoms with Crippen molar-refractivity contribution < 1.29 is 13.6 Å². The van der Waals surface area contributed by atoms with Gasteiger partial charge in [0.15, 0.2) is 5.69 Å². The average Bonchev–Trinajstić information content (AvgIpc) is 3.24. The van der Waals surface area contributed by atoms with Crippen molar-refractivity contribution in [3.8, 4) is 0 Å². The fourth-order valence-corrected chi connectivity index (χ4v) is 4.11. The van der Waals surface area contributed by atoms with E-state index < -0.39 is 18.0 Å². The lowest BCUT2D eigenvalue weighted by atomic mass is 10.1. The number of alkyl halides is 2. The van der Waals surface area contributed by atoms with E-state index in [1.54, 1.807) is 11.6 Å². The van der Waals surface area contributed by atoms with Crippen molar-refractivity contribution in [1.82, 2.24) is 19.7 Å². The monoisotopic (exact) mass is 407 g/mol. The van der Waals surface area contributed by atoms with E-state index in [2.05, 4.69) is 25.3 Å². The molecule has 1 atom stereocenters. The summed E-state index contributed by atoms with van der Waals surface area (Å²) in [5.41, 5.74) is 6.29. The van der Waals surface area contributed by atoms with E-state index in [1.165, 1.54) is 29.3 Å². The number of fused-ring (bicyclic) bond motifs is 1. The Morgan fingerprint density at radius 3 is 3.04 bits per heavy atom. The van der Waals surface area contributed by atoms with Crippen LogP contribution >= 0.6 is 11.3 Å². The predicted octanol–water partition coefficient (Wildman–Crippen LogP) is 2.54. The number of nitrogens with one attached hydrogen (secondary N) is 1. The molecule has 4 rings (SSSR count). The standard InChI is InChI=1S/C17H19F2N7OS/c1-25-7-11(14(24-25)15(18)19)22-16(27)10-8-28-17-13(10)23-12(5-21-17)26-4-2-3-9(20)6-26/h5,7-9,15H,2-4,6,20H2,1H3,(H,22,27). The van der Waals surface area contributed by atoms with Gasteiger partial charge in [0.25, 0.3) is 12.3 Å². The molecular weight excluding hydrogens is 388 g/mol. The molecule has 3 aromatic rings. The summed E-state index contributed by atoms with van der Waals surface area (Å²) in [5.74, 6) is 0.132. The maximum Gasteiger partial charge on any atom is 0.284 e. The zero-order valence-electron chi connectivity index (χ0n) is 15.1. The van der Waals surface area contributed by atoms with Crippen LogP contribution in [0.5, 0.6) is 0 Å². The Balaban J connectivity index is 1.63. The van der Waals surface area contributed by atoms with Gasteiger partial charge in [-0.3, -0.25) is 9.48 Å². The van der Waals surface area contributed by atoms with Crippen LogP contribution < -0.4 is 16.0 Å². The normalized spacial score (nSPS) is 17.5. The lowest BCUT2D eigenvalue weighted by Gasteiger charge is -2.31. The molecule has 0 saturated carbocycles. The third-order valence-electron chi connectivity index (χ3n) is 4.61. The minimum atomic E-state index is -2.79. The van der Waals surface area contributed by atoms with Crippen molar-refractivity contribution in [1.29, 1.82) is 0 Å². The van der Waals surface area contributed by atoms with Crippen LogP contribution in [0.2, 0.25) is 0 Å². The van der Waals surface area contributed by atoms with Gasteiger partial charge in [-0.1, -0.05) is 0 Å². The Labute approximate surface area is 163 Å². The number of anilines is 2. The Morgan fingerprint density at radius 2 is 2.29 bits per heavy atom. The van der Waals surface area contributed by atoms with E-state index in [0.29, 0.717) is 28.3 Å². The van der Waals surface area contributed by atoms with Crippen LogP contribution in [0.25, 0.3) is 10.3 Å². The number of nitrogens with zero attached hydrogens (tertiary/aromatic N) is 5. The third-order valence-corrected chi connectivity index (χ3v) is 5.48. The largest absolute Gasteiger partial charge is 0.354 e. The van der Waals surface area contributed by atoms with Crippen LogP contribution in [-0.4, -0.2) is 44.8 Å². The summed E-state index contributed by atoms with van der Waals surface area (Å²) >= 11 is 1.28. The fourth-order valence-electron chi connectivity index (χ4n) is 3.29. The van der Waals surface area contributed by atoms with Gasteiger partial charge in [-0.25, -0.2) is 18.7 Å². The lowest BCUT2D eigenvalue weighted by molar-refractivity contribution is 0.102. The number of aromatic nitrogens is 4. The Hall–Kier alpha value is -2.66. The molecule has 3 aromatic heterocycles. The molecule has 0 spiro atoms. The minimum absolute atomic E-state index is 0.0204. The van der Waals surface area contributed by atoms with E-state index in [-0.39, 0.29) is 11.7 Å². The number of piperidine rings is 1. The number of nitrogens with two attached hydrogens (primary N) is 1. The molecule has 4 heterocycles. The molecule has 1 unspecified atom stereocenters. The quantitative estimate of drug-likeness (QED) is 0.689. The highest BCUT2D eigenvalue weighted by atomic mass is 32.1. The smallest absolute Gasteiger partial charge is 0.284 e. The maximum atomic E-state index is 13.1. The molecule has 11 heteroatoms. The van der Waals surface area contributed by atoms with Gasteiger partial charge in [0.2, 0.25) is 0 Å². The van der Waals surface area contributed by atoms with E-state index in [9.17, 15) is 13.6 Å². The van der Waals surface area contributed by atoms with Crippen LogP contribution in [-0.2, 0) is 7.05 Å². The summed E-state index contributed by atoms with van der Waals surface area (Å²) in [5, 5.41) is 7.84. The van der Waals surface area contributed by atoms with Crippen molar-refractivity contribution >= 4 is 39.1 Å². The fraction of sp³-hybridized carbons (Fsp3) is 0.412. The first-order valence-corrected chi connectivity index (χ1v) is 9.68. The molecule has 1 saturated heterocycles. The van der Waals surface area contributed by atoms with Crippen molar-refractivity contribution in [2.24, 2.45) is 12.8 Å². The van der Waals surface area contributed by atoms with Gasteiger partial charge in [-0.2, -0.15) is 5.10 Å². The summed E-state index contributed by atoms with van der Waals surface area (Å²) in [6.45, 7) is 1.51. The molecule has 0 radical (unpaired) electrons. The maximum absolute atomic E-state index is 13.1. The minimum Gasteiger partial charge on any atom is -0.354 e. The summed E-state index contributed by atoms with van der Waals surface area (Å²) in [6.07, 6.45) is 2.17. The molecule has 0 bridgehead atoms. The van der Waals surface area contributed by atoms with Crippen molar-refractivity contribution in [2.45, 2.75) is 25.3 Å². The first-order valence-electron chi connectivity index (χ1n) is 8.80. The Morgan fingerprint density at radius 1 is 1.46 bits per heavy atom. The molecule has 1 aliphatic heterocycles. The zero-order valence-corrected chi connectivity index (χ0v) is 15.9. The topological polar surface area (TPSA) is 102 Å². The lowest BCUT2D eigenvalue weighted by Crippen LogP contribution is -2.43. The number of thiophene rings is 1. The van der Waals surface area contributed by atoms with Gasteiger partial charge >= 0.3 is 0 Å². The summed E-state index contributed by atoms with van der Waals surface area (Å²) in [6, 6.07) is 0.0786. The first kappa shape index (κ1) is 18.7. The van der Waals surface area contributed by atoms with Crippen molar-refractivity contribution in [3.63, 3.8) is 0 Å². The van der Waals surface area contributed by atoms with Gasteiger partial charge in [0.1, 0.15) is 16.2 Å². The van der Waals surface area contributed by atoms with Gasteiger partial charge in [-0.05, 0) is 12.8 Å². The second-order valence-corrected chi connectivity index (χ2v) is 7.59. The van der Waals surface area contributed by atoms with Gasteiger partial charge in [0, 0.05) is 37.8 Å². The summed E-state index contributed by atoms with van der Waals surface area (Å²) in [4.78, 5) is 24.4. The first-order chi connectivity index (χ1) is 13.4. The molecule has 3 N–H and O–H groups in total. The second kappa shape index (κ2) is 7.40. The summed E-state index contributed by atoms with van der Waals surface area (Å²) in [7, 11) is 1.52. The molecule has 28 heavy (non-hydrogen) atoms. The van der Waals surface area contributed by atoms with Crippen LogP contribution in [0.4, 0.5) is 20.3 Å². The summed E-state index contributed by atoms with van der Waals surface area (Å²) < 4.78 is 27.5. The highest BCUT2D eigenvalue weighted by Crippen LogP contribution is 2.29. The van der Waals surface area contributed by atoms with E-state index in [0.717, 1.165) is 19.4 Å². The number of carbonyl (C=O) groups excluding carboxylic acids is 1. The molecule has 1 fully saturated rings. The van der Waals surface area contributed by atoms with Crippen LogP contribution in [0.15, 0.2) is 17.8 Å². The molecule has 0 aliphatic carbocycles. The number of amides is 1. The molecule has 1 amide bonds. The van der Waals surface area contributed by atoms with E-state index in [4.69, 9.17) is 5.73 Å². The second-order valence-electron chi connectivity index (χ2n) is 6.74. The predicted molar refractivity (Wildman–Crippen MR) is 103 cm³/mol. The van der Waals surface area contributed by atoms with Gasteiger partial charge < -0.3 is 16.0 Å². The van der Waals surface area contributed by atoms with Gasteiger partial charge in [-0.15, -0.1) is 11.3 Å². The van der Waals surface area contributed by atoms with Gasteiger partial charge in [0.05, 0.1) is 17.4 Å². The van der Waals surface area contributed by atoms with Crippen LogP contribution in [0.1, 0.15) is 35.3 Å². The molecule has 0 aromatic carbocycles. The number of rotatable bonds is 4. The highest BCUT2D eigenvalue weighted by molar-refractivity contribution is 7.17. The number of aryl methyl sites for hydroxylation is 1. The van der Waals surface area contributed by atoms with Crippen LogP contribution in [0.3, 0.4) is 0 Å². The molecule has 148 valence electrons. The molecule has 1 aliphatic rings. The van der Waals surface area contributed by atoms with Crippen LogP contribution in [0, 0.1) is 0 Å². The molecule has 8 nitrogen and oxygen atoms in total. The Kier molecular flexibility index (Phi) is 4.94. The number of hydrogen-bond donors (Lipinski definition) is 2. The SMILES string of the molecule is Cn1cc(NC(=O)c2csc3ncc(N4CCCC(N)C4)nc23)c(C(F)F)n1. The van der Waals surface area contributed by atoms with E-state index >= 15 is 0 Å². The number of hydrogen-bond acceptors (Lipinski definition) is 7. The zero-order chi connectivity index (χ0) is 19.8. The molecular formula is C17H19F2N7OS. The number of carbonyl (C=O) groups is 1. The van der Waals surface area contributed by atoms with E-state index in [1.807, 2.05) is 0 Å². The number of halogens is 2. The third kappa shape index (κ3) is 3.54. The van der Waals surface area contributed by atoms with Crippen molar-refractivity contribution in [3.05, 3.63) is 29.0 Å². The van der Waals surface area contributed by atoms with Crippen molar-refractivity contribution in [2.75, 3.05) is 23.3 Å². The Bertz CT molecular complexity index is 1020. The average molecular weight is 407 g/mol. The highest BCUT2D eigenvalue weighted by Gasteiger charge is 2.23.